The molecule has 4 rings (SSSR count). The summed E-state index contributed by atoms with van der Waals surface area (Å²) in [6.45, 7) is 3.87. The van der Waals surface area contributed by atoms with Gasteiger partial charge in [-0.25, -0.2) is 4.98 Å². The van der Waals surface area contributed by atoms with Gasteiger partial charge in [0, 0.05) is 22.6 Å². The number of fused-ring (bicyclic) bond motifs is 3. The summed E-state index contributed by atoms with van der Waals surface area (Å²) >= 11 is 1.42. The molecule has 1 fully saturated rings. The number of aromatic nitrogens is 4. The number of nitrogens with zero attached hydrogens (tertiary/aromatic N) is 5. The van der Waals surface area contributed by atoms with E-state index >= 15 is 0 Å². The maximum atomic E-state index is 12.9. The number of nitriles is 1. The summed E-state index contributed by atoms with van der Waals surface area (Å²) in [5.41, 5.74) is 3.66. The number of allylic oxidation sites excluding steroid dienone is 3. The zero-order valence-corrected chi connectivity index (χ0v) is 17.2. The number of rotatable bonds is 6. The Morgan fingerprint density at radius 3 is 2.86 bits per heavy atom. The Kier molecular flexibility index (Phi) is 5.45. The summed E-state index contributed by atoms with van der Waals surface area (Å²) in [5, 5.41) is 19.3. The van der Waals surface area contributed by atoms with Crippen molar-refractivity contribution in [2.75, 3.05) is 5.75 Å². The van der Waals surface area contributed by atoms with E-state index in [0.717, 1.165) is 35.7 Å². The smallest absolute Gasteiger partial charge is 0.235 e. The molecule has 0 bridgehead atoms. The van der Waals surface area contributed by atoms with Crippen LogP contribution < -0.4 is 0 Å². The molecule has 0 saturated heterocycles. The fourth-order valence-electron chi connectivity index (χ4n) is 3.17. The molecule has 2 heterocycles. The molecule has 0 atom stereocenters. The molecule has 0 spiro atoms. The van der Waals surface area contributed by atoms with Gasteiger partial charge in [-0.15, -0.1) is 10.2 Å². The van der Waals surface area contributed by atoms with Crippen molar-refractivity contribution in [3.63, 3.8) is 0 Å². The van der Waals surface area contributed by atoms with Crippen LogP contribution >= 0.6 is 11.8 Å². The van der Waals surface area contributed by atoms with E-state index in [0.29, 0.717) is 27.6 Å². The van der Waals surface area contributed by atoms with Gasteiger partial charge in [-0.3, -0.25) is 9.36 Å². The fraction of sp³-hybridized carbons (Fsp3) is 0.318. The Morgan fingerprint density at radius 1 is 1.34 bits per heavy atom. The summed E-state index contributed by atoms with van der Waals surface area (Å²) in [6.07, 6.45) is 6.77. The van der Waals surface area contributed by atoms with Crippen molar-refractivity contribution in [1.82, 2.24) is 19.7 Å². The van der Waals surface area contributed by atoms with Gasteiger partial charge < -0.3 is 0 Å². The van der Waals surface area contributed by atoms with Crippen molar-refractivity contribution in [1.29, 1.82) is 5.26 Å². The van der Waals surface area contributed by atoms with E-state index < -0.39 is 0 Å². The zero-order valence-electron chi connectivity index (χ0n) is 16.4. The highest BCUT2D eigenvalue weighted by Gasteiger charge is 2.33. The van der Waals surface area contributed by atoms with E-state index in [1.54, 1.807) is 4.57 Å². The van der Waals surface area contributed by atoms with Crippen LogP contribution in [-0.2, 0) is 0 Å². The van der Waals surface area contributed by atoms with Gasteiger partial charge in [0.15, 0.2) is 5.65 Å². The van der Waals surface area contributed by atoms with Crippen LogP contribution in [0, 0.1) is 17.2 Å². The summed E-state index contributed by atoms with van der Waals surface area (Å²) in [7, 11) is 0. The molecule has 6 nitrogen and oxygen atoms in total. The molecule has 0 N–H and O–H groups in total. The minimum atomic E-state index is 0.0760. The maximum absolute atomic E-state index is 12.9. The fourth-order valence-corrected chi connectivity index (χ4v) is 4.02. The third kappa shape index (κ3) is 3.81. The standard InChI is InChI=1S/C22H21N5OS/c1-3-4-7-16(14(2)12-23)13-29-22-24-20-19(25-26-22)17-8-5-6-9-18(17)27(20)21(28)15-10-11-15/h4-9,15H,3,10-11,13H2,1-2H3/b7-4-,16-14-. The molecule has 1 aromatic carbocycles. The highest BCUT2D eigenvalue weighted by atomic mass is 32.2. The van der Waals surface area contributed by atoms with Crippen molar-refractivity contribution in [3.05, 3.63) is 47.6 Å². The SMILES string of the molecule is CC/C=C\C(CSc1nnc2c3ccccc3n(C(=O)C3CC3)c2n1)=C(/C)C#N. The topological polar surface area (TPSA) is 84.5 Å². The second-order valence-electron chi connectivity index (χ2n) is 7.09. The molecule has 7 heteroatoms. The summed E-state index contributed by atoms with van der Waals surface area (Å²) < 4.78 is 1.70. The molecule has 146 valence electrons. The number of para-hydroxylation sites is 1. The Bertz CT molecular complexity index is 1200. The highest BCUT2D eigenvalue weighted by molar-refractivity contribution is 7.99. The minimum Gasteiger partial charge on any atom is -0.274 e. The average molecular weight is 404 g/mol. The first-order valence-corrected chi connectivity index (χ1v) is 10.7. The molecule has 29 heavy (non-hydrogen) atoms. The second kappa shape index (κ2) is 8.18. The van der Waals surface area contributed by atoms with Crippen molar-refractivity contribution in [2.45, 2.75) is 38.3 Å². The lowest BCUT2D eigenvalue weighted by atomic mass is 10.1. The monoisotopic (exact) mass is 403 g/mol. The molecule has 0 aliphatic heterocycles. The summed E-state index contributed by atoms with van der Waals surface area (Å²) in [4.78, 5) is 17.6. The van der Waals surface area contributed by atoms with Crippen molar-refractivity contribution in [2.24, 2.45) is 5.92 Å². The van der Waals surface area contributed by atoms with Gasteiger partial charge in [-0.05, 0) is 37.8 Å². The van der Waals surface area contributed by atoms with Crippen molar-refractivity contribution < 1.29 is 4.79 Å². The van der Waals surface area contributed by atoms with Crippen LogP contribution in [0.1, 0.15) is 37.9 Å². The second-order valence-corrected chi connectivity index (χ2v) is 8.04. The normalized spacial score (nSPS) is 15.1. The molecule has 0 amide bonds. The van der Waals surface area contributed by atoms with Crippen LogP contribution in [0.5, 0.6) is 0 Å². The van der Waals surface area contributed by atoms with Gasteiger partial charge in [0.25, 0.3) is 0 Å². The summed E-state index contributed by atoms with van der Waals surface area (Å²) in [5.74, 6) is 0.728. The average Bonchev–Trinajstić information content (AvgIpc) is 3.55. The predicted octanol–water partition coefficient (Wildman–Crippen LogP) is 4.93. The van der Waals surface area contributed by atoms with E-state index in [2.05, 4.69) is 28.2 Å². The third-order valence-corrected chi connectivity index (χ3v) is 5.86. The Balaban J connectivity index is 1.73. The molecular formula is C22H21N5OS. The Hall–Kier alpha value is -2.98. The number of carbonyl (C=O) groups is 1. The first kappa shape index (κ1) is 19.3. The van der Waals surface area contributed by atoms with Crippen LogP contribution in [0.2, 0.25) is 0 Å². The lowest BCUT2D eigenvalue weighted by Crippen LogP contribution is -2.13. The molecule has 2 aromatic heterocycles. The first-order valence-electron chi connectivity index (χ1n) is 9.71. The maximum Gasteiger partial charge on any atom is 0.235 e. The number of hydrogen-bond donors (Lipinski definition) is 0. The molecular weight excluding hydrogens is 382 g/mol. The lowest BCUT2D eigenvalue weighted by Gasteiger charge is -2.05. The van der Waals surface area contributed by atoms with Crippen molar-refractivity contribution in [3.8, 4) is 6.07 Å². The Labute approximate surface area is 173 Å². The van der Waals surface area contributed by atoms with E-state index in [-0.39, 0.29) is 11.8 Å². The van der Waals surface area contributed by atoms with E-state index in [4.69, 9.17) is 0 Å². The first-order chi connectivity index (χ1) is 14.1. The van der Waals surface area contributed by atoms with Gasteiger partial charge in [-0.1, -0.05) is 49.0 Å². The molecule has 1 aliphatic rings. The van der Waals surface area contributed by atoms with E-state index in [1.807, 2.05) is 43.3 Å². The largest absolute Gasteiger partial charge is 0.274 e. The molecule has 1 saturated carbocycles. The molecule has 1 aliphatic carbocycles. The van der Waals surface area contributed by atoms with Gasteiger partial charge in [-0.2, -0.15) is 5.26 Å². The van der Waals surface area contributed by atoms with Gasteiger partial charge in [0.1, 0.15) is 5.52 Å². The number of thioether (sulfide) groups is 1. The molecule has 3 aromatic rings. The van der Waals surface area contributed by atoms with E-state index in [9.17, 15) is 10.1 Å². The number of hydrogen-bond acceptors (Lipinski definition) is 6. The minimum absolute atomic E-state index is 0.0760. The summed E-state index contributed by atoms with van der Waals surface area (Å²) in [6, 6.07) is 9.94. The van der Waals surface area contributed by atoms with E-state index in [1.165, 1.54) is 11.8 Å². The van der Waals surface area contributed by atoms with Crippen LogP contribution in [0.3, 0.4) is 0 Å². The van der Waals surface area contributed by atoms with Crippen molar-refractivity contribution >= 4 is 39.7 Å². The van der Waals surface area contributed by atoms with Crippen LogP contribution in [0.25, 0.3) is 22.1 Å². The third-order valence-electron chi connectivity index (χ3n) is 4.97. The predicted molar refractivity (Wildman–Crippen MR) is 115 cm³/mol. The van der Waals surface area contributed by atoms with Crippen LogP contribution in [0.4, 0.5) is 0 Å². The van der Waals surface area contributed by atoms with Gasteiger partial charge in [0.2, 0.25) is 11.1 Å². The van der Waals surface area contributed by atoms with Gasteiger partial charge >= 0.3 is 0 Å². The lowest BCUT2D eigenvalue weighted by molar-refractivity contribution is 0.0896. The zero-order chi connectivity index (χ0) is 20.4. The quantitative estimate of drug-likeness (QED) is 0.330. The Morgan fingerprint density at radius 2 is 2.14 bits per heavy atom. The number of benzene rings is 1. The van der Waals surface area contributed by atoms with Gasteiger partial charge in [0.05, 0.1) is 11.6 Å². The highest BCUT2D eigenvalue weighted by Crippen LogP contribution is 2.35. The number of carbonyl (C=O) groups excluding carboxylic acids is 1. The van der Waals surface area contributed by atoms with Crippen LogP contribution in [-0.4, -0.2) is 31.4 Å². The van der Waals surface area contributed by atoms with Crippen LogP contribution in [0.15, 0.2) is 52.7 Å². The molecule has 0 unspecified atom stereocenters. The molecule has 0 radical (unpaired) electrons.